The van der Waals surface area contributed by atoms with Crippen molar-refractivity contribution in [1.82, 2.24) is 15.5 Å². The topological polar surface area (TPSA) is 53.6 Å². The molecule has 3 aliphatic rings. The van der Waals surface area contributed by atoms with Crippen LogP contribution in [0.25, 0.3) is 0 Å². The molecule has 0 aromatic heterocycles. The van der Waals surface area contributed by atoms with Crippen molar-refractivity contribution in [3.8, 4) is 0 Å². The Morgan fingerprint density at radius 1 is 1.17 bits per heavy atom. The molecule has 0 aliphatic carbocycles. The summed E-state index contributed by atoms with van der Waals surface area (Å²) < 4.78 is 5.42. The summed E-state index contributed by atoms with van der Waals surface area (Å²) in [6, 6.07) is 8.97. The molecule has 1 aromatic carbocycles. The fourth-order valence-corrected chi connectivity index (χ4v) is 4.15. The van der Waals surface area contributed by atoms with Gasteiger partial charge in [0.15, 0.2) is 0 Å². The van der Waals surface area contributed by atoms with Crippen molar-refractivity contribution in [2.24, 2.45) is 11.8 Å². The Labute approximate surface area is 143 Å². The summed E-state index contributed by atoms with van der Waals surface area (Å²) in [4.78, 5) is 14.3. The summed E-state index contributed by atoms with van der Waals surface area (Å²) in [6.07, 6.45) is 3.30. The van der Waals surface area contributed by atoms with Crippen molar-refractivity contribution in [2.45, 2.75) is 31.8 Å². The molecule has 130 valence electrons. The van der Waals surface area contributed by atoms with E-state index in [2.05, 4.69) is 34.9 Å². The lowest BCUT2D eigenvalue weighted by molar-refractivity contribution is 0.00689. The molecule has 3 aliphatic heterocycles. The predicted molar refractivity (Wildman–Crippen MR) is 92.8 cm³/mol. The van der Waals surface area contributed by atoms with Gasteiger partial charge in [-0.15, -0.1) is 0 Å². The quantitative estimate of drug-likeness (QED) is 0.889. The van der Waals surface area contributed by atoms with E-state index >= 15 is 0 Å². The molecule has 2 N–H and O–H groups in total. The Morgan fingerprint density at radius 3 is 2.71 bits per heavy atom. The fourth-order valence-electron chi connectivity index (χ4n) is 4.15. The van der Waals surface area contributed by atoms with E-state index in [1.54, 1.807) is 0 Å². The van der Waals surface area contributed by atoms with Gasteiger partial charge in [0.2, 0.25) is 0 Å². The summed E-state index contributed by atoms with van der Waals surface area (Å²) in [6.45, 7) is 5.21. The summed E-state index contributed by atoms with van der Waals surface area (Å²) in [5.41, 5.74) is 2.78. The predicted octanol–water partition coefficient (Wildman–Crippen LogP) is 1.77. The number of urea groups is 1. The maximum atomic E-state index is 12.3. The SMILES string of the molecule is O=C(NCC1Cc2ccccc2CN1)N1CC(C2CCOCC2)C1. The average Bonchev–Trinajstić information content (AvgIpc) is 2.59. The maximum Gasteiger partial charge on any atom is 0.317 e. The molecule has 2 amide bonds. The third kappa shape index (κ3) is 3.42. The Morgan fingerprint density at radius 2 is 1.92 bits per heavy atom. The highest BCUT2D eigenvalue weighted by Gasteiger charge is 2.36. The number of benzene rings is 1. The molecule has 4 rings (SSSR count). The fraction of sp³-hybridized carbons (Fsp3) is 0.632. The number of hydrogen-bond acceptors (Lipinski definition) is 3. The number of ether oxygens (including phenoxy) is 1. The first-order valence-corrected chi connectivity index (χ1v) is 9.20. The highest BCUT2D eigenvalue weighted by molar-refractivity contribution is 5.75. The van der Waals surface area contributed by atoms with Gasteiger partial charge in [-0.3, -0.25) is 0 Å². The third-order valence-electron chi connectivity index (χ3n) is 5.80. The van der Waals surface area contributed by atoms with E-state index in [1.165, 1.54) is 11.1 Å². The minimum atomic E-state index is 0.0963. The van der Waals surface area contributed by atoms with Crippen LogP contribution in [-0.2, 0) is 17.7 Å². The van der Waals surface area contributed by atoms with Gasteiger partial charge in [0.25, 0.3) is 0 Å². The van der Waals surface area contributed by atoms with Crippen LogP contribution in [0.15, 0.2) is 24.3 Å². The van der Waals surface area contributed by atoms with Crippen LogP contribution in [0.5, 0.6) is 0 Å². The van der Waals surface area contributed by atoms with Crippen molar-refractivity contribution in [3.63, 3.8) is 0 Å². The highest BCUT2D eigenvalue weighted by Crippen LogP contribution is 2.30. The van der Waals surface area contributed by atoms with Crippen LogP contribution in [0.2, 0.25) is 0 Å². The second-order valence-electron chi connectivity index (χ2n) is 7.35. The summed E-state index contributed by atoms with van der Waals surface area (Å²) in [5, 5.41) is 6.63. The molecule has 1 atom stereocenters. The minimum Gasteiger partial charge on any atom is -0.381 e. The van der Waals surface area contributed by atoms with Crippen LogP contribution in [0.3, 0.4) is 0 Å². The molecule has 3 heterocycles. The van der Waals surface area contributed by atoms with Gasteiger partial charge in [-0.1, -0.05) is 24.3 Å². The summed E-state index contributed by atoms with van der Waals surface area (Å²) in [7, 11) is 0. The Hall–Kier alpha value is -1.59. The van der Waals surface area contributed by atoms with Crippen molar-refractivity contribution in [3.05, 3.63) is 35.4 Å². The summed E-state index contributed by atoms with van der Waals surface area (Å²) >= 11 is 0. The Kier molecular flexibility index (Phi) is 4.72. The molecule has 0 saturated carbocycles. The number of carbonyl (C=O) groups excluding carboxylic acids is 1. The van der Waals surface area contributed by atoms with Crippen LogP contribution in [0.4, 0.5) is 4.79 Å². The number of likely N-dealkylation sites (tertiary alicyclic amines) is 1. The zero-order valence-electron chi connectivity index (χ0n) is 14.2. The van der Waals surface area contributed by atoms with Gasteiger partial charge in [0.1, 0.15) is 0 Å². The first-order valence-electron chi connectivity index (χ1n) is 9.20. The molecular formula is C19H27N3O2. The van der Waals surface area contributed by atoms with Crippen molar-refractivity contribution in [2.75, 3.05) is 32.8 Å². The number of fused-ring (bicyclic) bond motifs is 1. The summed E-state index contributed by atoms with van der Waals surface area (Å²) in [5.74, 6) is 1.43. The van der Waals surface area contributed by atoms with Gasteiger partial charge in [0.05, 0.1) is 0 Å². The first-order chi connectivity index (χ1) is 11.8. The lowest BCUT2D eigenvalue weighted by Crippen LogP contribution is -2.57. The highest BCUT2D eigenvalue weighted by atomic mass is 16.5. The molecule has 2 saturated heterocycles. The lowest BCUT2D eigenvalue weighted by atomic mass is 9.81. The van der Waals surface area contributed by atoms with Crippen molar-refractivity contribution >= 4 is 6.03 Å². The van der Waals surface area contributed by atoms with Crippen LogP contribution < -0.4 is 10.6 Å². The number of hydrogen-bond donors (Lipinski definition) is 2. The molecule has 0 bridgehead atoms. The van der Waals surface area contributed by atoms with Gasteiger partial charge in [-0.2, -0.15) is 0 Å². The number of nitrogens with one attached hydrogen (secondary N) is 2. The standard InChI is InChI=1S/C19H27N3O2/c23-19(22-12-17(13-22)14-5-7-24-8-6-14)21-11-18-9-15-3-1-2-4-16(15)10-20-18/h1-4,14,17-18,20H,5-13H2,(H,21,23). The minimum absolute atomic E-state index is 0.0963. The molecule has 1 aromatic rings. The van der Waals surface area contributed by atoms with E-state index in [4.69, 9.17) is 4.74 Å². The monoisotopic (exact) mass is 329 g/mol. The van der Waals surface area contributed by atoms with Gasteiger partial charge < -0.3 is 20.3 Å². The molecule has 5 heteroatoms. The van der Waals surface area contributed by atoms with E-state index in [1.807, 2.05) is 4.90 Å². The van der Waals surface area contributed by atoms with Gasteiger partial charge in [-0.05, 0) is 42.2 Å². The van der Waals surface area contributed by atoms with Crippen LogP contribution >= 0.6 is 0 Å². The lowest BCUT2D eigenvalue weighted by Gasteiger charge is -2.44. The normalized spacial score (nSPS) is 25.0. The van der Waals surface area contributed by atoms with Crippen molar-refractivity contribution < 1.29 is 9.53 Å². The van der Waals surface area contributed by atoms with Crippen LogP contribution in [0.1, 0.15) is 24.0 Å². The third-order valence-corrected chi connectivity index (χ3v) is 5.80. The molecule has 2 fully saturated rings. The molecule has 24 heavy (non-hydrogen) atoms. The largest absolute Gasteiger partial charge is 0.381 e. The van der Waals surface area contributed by atoms with Gasteiger partial charge >= 0.3 is 6.03 Å². The van der Waals surface area contributed by atoms with E-state index in [9.17, 15) is 4.79 Å². The van der Waals surface area contributed by atoms with E-state index in [0.717, 1.165) is 58.0 Å². The molecule has 1 unspecified atom stereocenters. The molecule has 0 radical (unpaired) electrons. The number of rotatable bonds is 3. The molecule has 0 spiro atoms. The van der Waals surface area contributed by atoms with E-state index in [-0.39, 0.29) is 6.03 Å². The molecular weight excluding hydrogens is 302 g/mol. The number of amides is 2. The van der Waals surface area contributed by atoms with Gasteiger partial charge in [-0.25, -0.2) is 4.79 Å². The zero-order valence-corrected chi connectivity index (χ0v) is 14.2. The smallest absolute Gasteiger partial charge is 0.317 e. The van der Waals surface area contributed by atoms with Gasteiger partial charge in [0, 0.05) is 45.4 Å². The molecule has 5 nitrogen and oxygen atoms in total. The first kappa shape index (κ1) is 15.9. The average molecular weight is 329 g/mol. The van der Waals surface area contributed by atoms with E-state index in [0.29, 0.717) is 18.5 Å². The van der Waals surface area contributed by atoms with Crippen LogP contribution in [-0.4, -0.2) is 49.8 Å². The second kappa shape index (κ2) is 7.11. The van der Waals surface area contributed by atoms with Crippen LogP contribution in [0, 0.1) is 11.8 Å². The Balaban J connectivity index is 1.19. The van der Waals surface area contributed by atoms with Crippen molar-refractivity contribution in [1.29, 1.82) is 0 Å². The van der Waals surface area contributed by atoms with E-state index < -0.39 is 0 Å². The second-order valence-corrected chi connectivity index (χ2v) is 7.35. The Bertz CT molecular complexity index is 580. The number of carbonyl (C=O) groups is 1. The number of nitrogens with zero attached hydrogens (tertiary/aromatic N) is 1. The zero-order chi connectivity index (χ0) is 16.4. The maximum absolute atomic E-state index is 12.3.